The first-order valence-electron chi connectivity index (χ1n) is 4.46. The molecule has 3 N–H and O–H groups in total. The van der Waals surface area contributed by atoms with E-state index < -0.39 is 17.7 Å². The van der Waals surface area contributed by atoms with Gasteiger partial charge in [0, 0.05) is 18.2 Å². The average Bonchev–Trinajstić information content (AvgIpc) is 2.18. The zero-order valence-corrected chi connectivity index (χ0v) is 8.94. The Labute approximate surface area is 93.5 Å². The van der Waals surface area contributed by atoms with Crippen molar-refractivity contribution in [1.82, 2.24) is 0 Å². The summed E-state index contributed by atoms with van der Waals surface area (Å²) in [5.74, 6) is -1.00. The number of hydrogen-bond donors (Lipinski definition) is 2. The summed E-state index contributed by atoms with van der Waals surface area (Å²) >= 11 is 0. The van der Waals surface area contributed by atoms with Gasteiger partial charge in [0.25, 0.3) is 0 Å². The number of halogens is 3. The summed E-state index contributed by atoms with van der Waals surface area (Å²) in [5, 5.41) is 8.56. The summed E-state index contributed by atoms with van der Waals surface area (Å²) in [7, 11) is 0. The number of hydrogen-bond acceptors (Lipinski definition) is 2. The van der Waals surface area contributed by atoms with Crippen LogP contribution in [-0.4, -0.2) is 11.7 Å². The zero-order valence-electron chi connectivity index (χ0n) is 8.12. The molecule has 0 spiro atoms. The fourth-order valence-electron chi connectivity index (χ4n) is 1.27. The van der Waals surface area contributed by atoms with E-state index in [0.717, 1.165) is 18.2 Å². The van der Waals surface area contributed by atoms with Gasteiger partial charge in [0.1, 0.15) is 11.6 Å². The lowest BCUT2D eigenvalue weighted by molar-refractivity contribution is 0.279. The Morgan fingerprint density at radius 1 is 1.33 bits per heavy atom. The maximum Gasteiger partial charge on any atom is 0.128 e. The van der Waals surface area contributed by atoms with Crippen molar-refractivity contribution in [3.05, 3.63) is 35.4 Å². The summed E-state index contributed by atoms with van der Waals surface area (Å²) in [6, 6.07) is 2.65. The van der Waals surface area contributed by atoms with Crippen molar-refractivity contribution in [2.75, 3.05) is 6.61 Å². The monoisotopic (exact) mass is 237 g/mol. The highest BCUT2D eigenvalue weighted by Gasteiger charge is 2.11. The van der Waals surface area contributed by atoms with Crippen LogP contribution >= 0.6 is 12.4 Å². The predicted octanol–water partition coefficient (Wildman–Crippen LogP) is 2.16. The normalized spacial score (nSPS) is 12.0. The molecule has 0 saturated carbocycles. The van der Waals surface area contributed by atoms with Gasteiger partial charge in [0.05, 0.1) is 0 Å². The van der Waals surface area contributed by atoms with E-state index in [1.165, 1.54) is 0 Å². The molecule has 0 bridgehead atoms. The van der Waals surface area contributed by atoms with E-state index in [2.05, 4.69) is 0 Å². The van der Waals surface area contributed by atoms with E-state index in [-0.39, 0.29) is 24.6 Å². The van der Waals surface area contributed by atoms with Crippen LogP contribution in [-0.2, 0) is 0 Å². The summed E-state index contributed by atoms with van der Waals surface area (Å²) < 4.78 is 25.9. The summed E-state index contributed by atoms with van der Waals surface area (Å²) in [4.78, 5) is 0. The molecule has 1 rings (SSSR count). The highest BCUT2D eigenvalue weighted by Crippen LogP contribution is 2.19. The Morgan fingerprint density at radius 2 is 2.00 bits per heavy atom. The second-order valence-corrected chi connectivity index (χ2v) is 3.14. The van der Waals surface area contributed by atoms with E-state index in [9.17, 15) is 8.78 Å². The molecule has 5 heteroatoms. The third-order valence-electron chi connectivity index (χ3n) is 2.03. The van der Waals surface area contributed by atoms with Gasteiger partial charge >= 0.3 is 0 Å². The molecule has 15 heavy (non-hydrogen) atoms. The smallest absolute Gasteiger partial charge is 0.128 e. The fraction of sp³-hybridized carbons (Fsp3) is 0.400. The van der Waals surface area contributed by atoms with Crippen LogP contribution in [0, 0.1) is 11.6 Å². The van der Waals surface area contributed by atoms with Gasteiger partial charge in [-0.3, -0.25) is 0 Å². The van der Waals surface area contributed by atoms with Crippen molar-refractivity contribution < 1.29 is 13.9 Å². The van der Waals surface area contributed by atoms with E-state index in [4.69, 9.17) is 10.8 Å². The van der Waals surface area contributed by atoms with Crippen molar-refractivity contribution in [2.24, 2.45) is 5.73 Å². The van der Waals surface area contributed by atoms with Gasteiger partial charge in [-0.1, -0.05) is 0 Å². The Balaban J connectivity index is 0.00000196. The number of aliphatic hydroxyl groups excluding tert-OH is 1. The van der Waals surface area contributed by atoms with Gasteiger partial charge in [-0.25, -0.2) is 8.78 Å². The first kappa shape index (κ1) is 14.3. The standard InChI is InChI=1S/C10H13F2NO.ClH/c11-7-3-4-9(12)8(6-7)10(13)2-1-5-14;/h3-4,6,10,14H,1-2,5,13H2;1H/t10-;/m0./s1. The van der Waals surface area contributed by atoms with Crippen LogP contribution < -0.4 is 5.73 Å². The summed E-state index contributed by atoms with van der Waals surface area (Å²) in [6.07, 6.45) is 0.925. The van der Waals surface area contributed by atoms with Crippen molar-refractivity contribution >= 4 is 12.4 Å². The summed E-state index contributed by atoms with van der Waals surface area (Å²) in [6.45, 7) is 0.00460. The van der Waals surface area contributed by atoms with Crippen LogP contribution in [0.25, 0.3) is 0 Å². The number of aliphatic hydroxyl groups is 1. The van der Waals surface area contributed by atoms with Gasteiger partial charge < -0.3 is 10.8 Å². The Kier molecular flexibility index (Phi) is 6.40. The molecule has 0 fully saturated rings. The molecule has 1 aromatic carbocycles. The average molecular weight is 238 g/mol. The fourth-order valence-corrected chi connectivity index (χ4v) is 1.27. The minimum Gasteiger partial charge on any atom is -0.396 e. The molecule has 0 unspecified atom stereocenters. The SMILES string of the molecule is Cl.N[C@@H](CCCO)c1cc(F)ccc1F. The predicted molar refractivity (Wildman–Crippen MR) is 56.9 cm³/mol. The second-order valence-electron chi connectivity index (χ2n) is 3.14. The first-order valence-corrected chi connectivity index (χ1v) is 4.46. The summed E-state index contributed by atoms with van der Waals surface area (Å²) in [5.41, 5.74) is 5.80. The first-order chi connectivity index (χ1) is 6.65. The Morgan fingerprint density at radius 3 is 2.60 bits per heavy atom. The maximum atomic E-state index is 13.1. The molecule has 2 nitrogen and oxygen atoms in total. The van der Waals surface area contributed by atoms with Crippen LogP contribution in [0.2, 0.25) is 0 Å². The van der Waals surface area contributed by atoms with Gasteiger partial charge in [-0.15, -0.1) is 12.4 Å². The molecule has 86 valence electrons. The van der Waals surface area contributed by atoms with Crippen LogP contribution in [0.15, 0.2) is 18.2 Å². The number of rotatable bonds is 4. The molecule has 1 aromatic rings. The van der Waals surface area contributed by atoms with Crippen LogP contribution in [0.4, 0.5) is 8.78 Å². The lowest BCUT2D eigenvalue weighted by Crippen LogP contribution is -2.13. The lowest BCUT2D eigenvalue weighted by atomic mass is 10.0. The van der Waals surface area contributed by atoms with Crippen LogP contribution in [0.3, 0.4) is 0 Å². The van der Waals surface area contributed by atoms with Gasteiger partial charge in [0.15, 0.2) is 0 Å². The van der Waals surface area contributed by atoms with Gasteiger partial charge in [0.2, 0.25) is 0 Å². The highest BCUT2D eigenvalue weighted by molar-refractivity contribution is 5.85. The minimum absolute atomic E-state index is 0. The third-order valence-corrected chi connectivity index (χ3v) is 2.03. The van der Waals surface area contributed by atoms with Crippen molar-refractivity contribution in [3.8, 4) is 0 Å². The number of benzene rings is 1. The maximum absolute atomic E-state index is 13.1. The van der Waals surface area contributed by atoms with E-state index in [0.29, 0.717) is 12.8 Å². The van der Waals surface area contributed by atoms with Crippen molar-refractivity contribution in [1.29, 1.82) is 0 Å². The molecule has 0 aliphatic carbocycles. The number of nitrogens with two attached hydrogens (primary N) is 1. The third kappa shape index (κ3) is 4.11. The quantitative estimate of drug-likeness (QED) is 0.843. The van der Waals surface area contributed by atoms with Crippen molar-refractivity contribution in [3.63, 3.8) is 0 Å². The minimum atomic E-state index is -0.558. The topological polar surface area (TPSA) is 46.2 Å². The van der Waals surface area contributed by atoms with Crippen molar-refractivity contribution in [2.45, 2.75) is 18.9 Å². The Bertz CT molecular complexity index is 309. The molecule has 0 saturated heterocycles. The van der Waals surface area contributed by atoms with E-state index >= 15 is 0 Å². The van der Waals surface area contributed by atoms with E-state index in [1.807, 2.05) is 0 Å². The van der Waals surface area contributed by atoms with Gasteiger partial charge in [-0.05, 0) is 31.0 Å². The van der Waals surface area contributed by atoms with Crippen LogP contribution in [0.1, 0.15) is 24.4 Å². The lowest BCUT2D eigenvalue weighted by Gasteiger charge is -2.11. The van der Waals surface area contributed by atoms with Crippen LogP contribution in [0.5, 0.6) is 0 Å². The molecule has 1 atom stereocenters. The second kappa shape index (κ2) is 6.71. The largest absolute Gasteiger partial charge is 0.396 e. The molecule has 0 aliphatic heterocycles. The molecule has 0 amide bonds. The molecule has 0 heterocycles. The molecular formula is C10H14ClF2NO. The molecular weight excluding hydrogens is 224 g/mol. The van der Waals surface area contributed by atoms with Gasteiger partial charge in [-0.2, -0.15) is 0 Å². The molecule has 0 radical (unpaired) electrons. The molecule has 0 aromatic heterocycles. The zero-order chi connectivity index (χ0) is 10.6. The molecule has 0 aliphatic rings. The highest BCUT2D eigenvalue weighted by atomic mass is 35.5. The van der Waals surface area contributed by atoms with E-state index in [1.54, 1.807) is 0 Å². The Hall–Kier alpha value is -0.710.